The zero-order valence-corrected chi connectivity index (χ0v) is 30.3. The van der Waals surface area contributed by atoms with Crippen molar-refractivity contribution in [2.45, 2.75) is 101 Å². The van der Waals surface area contributed by atoms with Crippen molar-refractivity contribution < 1.29 is 41.3 Å². The Morgan fingerprint density at radius 2 is 1.81 bits per heavy atom. The van der Waals surface area contributed by atoms with E-state index in [0.29, 0.717) is 36.9 Å². The predicted octanol–water partition coefficient (Wildman–Crippen LogP) is 7.85. The van der Waals surface area contributed by atoms with Gasteiger partial charge in [0.05, 0.1) is 11.2 Å². The Hall–Kier alpha value is -4.30. The van der Waals surface area contributed by atoms with Gasteiger partial charge >= 0.3 is 12.1 Å². The van der Waals surface area contributed by atoms with Crippen molar-refractivity contribution in [3.05, 3.63) is 53.6 Å². The summed E-state index contributed by atoms with van der Waals surface area (Å²) in [6, 6.07) is 5.02. The minimum absolute atomic E-state index is 0.0308. The average Bonchev–Trinajstić information content (AvgIpc) is 3.73. The van der Waals surface area contributed by atoms with Crippen LogP contribution in [0.15, 0.2) is 30.5 Å². The van der Waals surface area contributed by atoms with E-state index in [1.165, 1.54) is 31.5 Å². The fourth-order valence-corrected chi connectivity index (χ4v) is 9.05. The molecule has 0 saturated carbocycles. The number of fused-ring (bicyclic) bond motifs is 5. The minimum atomic E-state index is -1.15. The first kappa shape index (κ1) is 35.7. The van der Waals surface area contributed by atoms with Gasteiger partial charge in [-0.15, -0.1) is 0 Å². The van der Waals surface area contributed by atoms with Crippen LogP contribution >= 0.6 is 0 Å². The maximum Gasteiger partial charge on any atom is 0.410 e. The normalized spacial score (nSPS) is 25.7. The van der Waals surface area contributed by atoms with E-state index in [1.54, 1.807) is 0 Å². The number of hydrogen-bond donors (Lipinski definition) is 0. The first-order valence-electron chi connectivity index (χ1n) is 18.3. The van der Waals surface area contributed by atoms with Crippen LogP contribution < -0.4 is 9.47 Å². The Balaban J connectivity index is 1.23. The van der Waals surface area contributed by atoms with Gasteiger partial charge in [-0.2, -0.15) is 9.97 Å². The summed E-state index contributed by atoms with van der Waals surface area (Å²) in [5, 5.41) is 0.457. The molecule has 53 heavy (non-hydrogen) atoms. The Bertz CT molecular complexity index is 2070. The number of methoxy groups -OCH3 is 1. The van der Waals surface area contributed by atoms with Gasteiger partial charge < -0.3 is 23.8 Å². The number of hydrogen-bond acceptors (Lipinski definition) is 9. The van der Waals surface area contributed by atoms with E-state index in [1.807, 2.05) is 25.7 Å². The van der Waals surface area contributed by atoms with Crippen molar-refractivity contribution in [1.82, 2.24) is 24.8 Å². The second kappa shape index (κ2) is 13.5. The quantitative estimate of drug-likeness (QED) is 0.132. The number of rotatable bonds is 8. The summed E-state index contributed by atoms with van der Waals surface area (Å²) in [6.45, 7) is 6.63. The number of carbonyl (C=O) groups is 1. The molecule has 2 bridgehead atoms. The number of nitrogens with zero attached hydrogens (tertiary/aromatic N) is 5. The van der Waals surface area contributed by atoms with E-state index in [0.717, 1.165) is 38.3 Å². The van der Waals surface area contributed by atoms with Gasteiger partial charge in [0, 0.05) is 60.6 Å². The number of pyridine rings is 1. The summed E-state index contributed by atoms with van der Waals surface area (Å²) >= 11 is 0. The number of amides is 1. The van der Waals surface area contributed by atoms with E-state index in [9.17, 15) is 13.6 Å². The molecule has 282 valence electrons. The van der Waals surface area contributed by atoms with E-state index >= 15 is 8.78 Å². The number of piperidine rings is 1. The van der Waals surface area contributed by atoms with Crippen molar-refractivity contribution in [3.63, 3.8) is 0 Å². The van der Waals surface area contributed by atoms with Crippen molar-refractivity contribution in [2.24, 2.45) is 0 Å². The van der Waals surface area contributed by atoms with Gasteiger partial charge in [0.25, 0.3) is 0 Å². The maximum absolute atomic E-state index is 17.1. The monoisotopic (exact) mass is 737 g/mol. The van der Waals surface area contributed by atoms with Crippen molar-refractivity contribution >= 4 is 27.8 Å². The molecule has 4 saturated heterocycles. The molecule has 6 heterocycles. The maximum atomic E-state index is 17.1. The minimum Gasteiger partial charge on any atom is -0.468 e. The second-order valence-corrected chi connectivity index (χ2v) is 15.9. The Morgan fingerprint density at radius 3 is 2.55 bits per heavy atom. The fourth-order valence-electron chi connectivity index (χ4n) is 9.05. The third-order valence-corrected chi connectivity index (χ3v) is 11.2. The first-order chi connectivity index (χ1) is 25.3. The molecule has 4 fully saturated rings. The van der Waals surface area contributed by atoms with Crippen LogP contribution in [0.25, 0.3) is 32.9 Å². The van der Waals surface area contributed by atoms with E-state index in [2.05, 4.69) is 14.9 Å². The van der Waals surface area contributed by atoms with Crippen LogP contribution in [0.5, 0.6) is 11.8 Å². The third-order valence-electron chi connectivity index (χ3n) is 11.2. The largest absolute Gasteiger partial charge is 0.468 e. The Kier molecular flexibility index (Phi) is 9.11. The molecule has 0 N–H and O–H groups in total. The highest BCUT2D eigenvalue weighted by atomic mass is 19.2. The number of ether oxygens (including phenoxy) is 4. The van der Waals surface area contributed by atoms with E-state index < -0.39 is 34.8 Å². The smallest absolute Gasteiger partial charge is 0.410 e. The van der Waals surface area contributed by atoms with Gasteiger partial charge in [0.2, 0.25) is 0 Å². The average molecular weight is 738 g/mol. The zero-order chi connectivity index (χ0) is 37.2. The highest BCUT2D eigenvalue weighted by molar-refractivity contribution is 5.99. The van der Waals surface area contributed by atoms with Gasteiger partial charge in [0.15, 0.2) is 24.2 Å². The summed E-state index contributed by atoms with van der Waals surface area (Å²) in [7, 11) is 1.44. The SMILES string of the molecule is COCOc1cc(-c2ncc3c(C4CC5CCC(C4)N5C(=O)OC(C)(C)C)nc(OC[C@@]45CCCN4C[C@H](F)C5)nc3c2F)c2c(F)c(F)ccc2c1. The van der Waals surface area contributed by atoms with E-state index in [4.69, 9.17) is 23.9 Å². The number of carbonyl (C=O) groups excluding carboxylic acids is 1. The molecule has 0 aliphatic carbocycles. The van der Waals surface area contributed by atoms with Gasteiger partial charge in [-0.05, 0) is 89.4 Å². The molecule has 2 aromatic carbocycles. The topological polar surface area (TPSA) is 99.1 Å². The van der Waals surface area contributed by atoms with Crippen LogP contribution in [-0.4, -0.2) is 93.8 Å². The van der Waals surface area contributed by atoms with E-state index in [-0.39, 0.29) is 76.8 Å². The third kappa shape index (κ3) is 6.51. The Labute approximate surface area is 304 Å². The highest BCUT2D eigenvalue weighted by Crippen LogP contribution is 2.46. The molecule has 4 atom stereocenters. The molecule has 8 rings (SSSR count). The first-order valence-corrected chi connectivity index (χ1v) is 18.3. The lowest BCUT2D eigenvalue weighted by molar-refractivity contribution is 0.00570. The van der Waals surface area contributed by atoms with Gasteiger partial charge in [0.1, 0.15) is 35.3 Å². The molecular formula is C39H43F4N5O5. The molecule has 10 nitrogen and oxygen atoms in total. The lowest BCUT2D eigenvalue weighted by Crippen LogP contribution is -2.48. The lowest BCUT2D eigenvalue weighted by Gasteiger charge is -2.39. The summed E-state index contributed by atoms with van der Waals surface area (Å²) in [5.41, 5.74) is -1.01. The summed E-state index contributed by atoms with van der Waals surface area (Å²) in [5.74, 6) is -3.08. The number of alkyl halides is 1. The molecule has 4 aliphatic rings. The summed E-state index contributed by atoms with van der Waals surface area (Å²) in [4.78, 5) is 31.1. The molecular weight excluding hydrogens is 694 g/mol. The van der Waals surface area contributed by atoms with Crippen LogP contribution in [0.2, 0.25) is 0 Å². The van der Waals surface area contributed by atoms with Crippen molar-refractivity contribution in [2.75, 3.05) is 33.6 Å². The standard InChI is InChI=1S/C39H43F4N5O5/c1-38(2,3)53-37(49)48-24-7-8-25(48)13-22(12-24)33-28-17-44-34(27-15-26(52-20-50-4)14-21-6-9-29(41)31(42)30(21)27)32(43)35(28)46-36(45-33)51-19-39-10-5-11-47(39)18-23(40)16-39/h6,9,14-15,17,22-25H,5,7-8,10-13,16,18-20H2,1-4H3/t22?,23-,24?,25?,39+/m1/s1. The van der Waals surface area contributed by atoms with Crippen LogP contribution in [-0.2, 0) is 9.47 Å². The summed E-state index contributed by atoms with van der Waals surface area (Å²) in [6.07, 6.45) is 4.86. The van der Waals surface area contributed by atoms with Crippen LogP contribution in [0.1, 0.15) is 77.3 Å². The second-order valence-electron chi connectivity index (χ2n) is 15.9. The molecule has 2 unspecified atom stereocenters. The van der Waals surface area contributed by atoms with Gasteiger partial charge in [-0.25, -0.2) is 22.4 Å². The molecule has 14 heteroatoms. The lowest BCUT2D eigenvalue weighted by atomic mass is 9.86. The van der Waals surface area contributed by atoms with Gasteiger partial charge in [-0.3, -0.25) is 9.88 Å². The van der Waals surface area contributed by atoms with Crippen LogP contribution in [0, 0.1) is 17.5 Å². The number of aromatic nitrogens is 3. The fraction of sp³-hybridized carbons (Fsp3) is 0.538. The molecule has 4 aromatic rings. The molecule has 0 radical (unpaired) electrons. The highest BCUT2D eigenvalue weighted by Gasteiger charge is 2.50. The molecule has 0 spiro atoms. The Morgan fingerprint density at radius 1 is 1.04 bits per heavy atom. The van der Waals surface area contributed by atoms with Crippen molar-refractivity contribution in [1.29, 1.82) is 0 Å². The zero-order valence-electron chi connectivity index (χ0n) is 30.3. The molecule has 1 amide bonds. The summed E-state index contributed by atoms with van der Waals surface area (Å²) < 4.78 is 84.5. The number of halogens is 4. The number of benzene rings is 2. The molecule has 2 aromatic heterocycles. The van der Waals surface area contributed by atoms with Crippen LogP contribution in [0.3, 0.4) is 0 Å². The van der Waals surface area contributed by atoms with Gasteiger partial charge in [-0.1, -0.05) is 6.07 Å². The van der Waals surface area contributed by atoms with Crippen molar-refractivity contribution in [3.8, 4) is 23.0 Å². The predicted molar refractivity (Wildman–Crippen MR) is 188 cm³/mol. The van der Waals surface area contributed by atoms with Crippen LogP contribution in [0.4, 0.5) is 22.4 Å². The molecule has 4 aliphatic heterocycles.